The van der Waals surface area contributed by atoms with Gasteiger partial charge < -0.3 is 5.11 Å². The number of benzene rings is 1. The fourth-order valence-electron chi connectivity index (χ4n) is 2.59. The number of carbonyl (C=O) groups excluding carboxylic acids is 3. The minimum atomic E-state index is -3.74. The fraction of sp³-hybridized carbons (Fsp3) is 0.231. The molecule has 1 aromatic rings. The predicted molar refractivity (Wildman–Crippen MR) is 74.2 cm³/mol. The molecule has 0 aliphatic carbocycles. The van der Waals surface area contributed by atoms with Gasteiger partial charge in [0.05, 0.1) is 22.4 Å². The number of carboxylic acids is 1. The number of hydrogen-bond donors (Lipinski definition) is 2. The van der Waals surface area contributed by atoms with Crippen LogP contribution in [-0.2, 0) is 14.8 Å². The molecule has 1 aromatic carbocycles. The molecule has 2 heterocycles. The molecule has 3 amide bonds. The maximum Gasteiger partial charge on any atom is 0.335 e. The molecule has 10 heteroatoms. The summed E-state index contributed by atoms with van der Waals surface area (Å²) in [4.78, 5) is 48.2. The number of rotatable bonds is 2. The molecule has 23 heavy (non-hydrogen) atoms. The Morgan fingerprint density at radius 2 is 1.83 bits per heavy atom. The van der Waals surface area contributed by atoms with E-state index < -0.39 is 45.5 Å². The first kappa shape index (κ1) is 15.2. The number of nitrogens with one attached hydrogen (secondary N) is 1. The second-order valence-electron chi connectivity index (χ2n) is 5.14. The summed E-state index contributed by atoms with van der Waals surface area (Å²) in [6.07, 6.45) is -0.203. The van der Waals surface area contributed by atoms with E-state index in [0.717, 1.165) is 6.07 Å². The minimum Gasteiger partial charge on any atom is -0.478 e. The van der Waals surface area contributed by atoms with Gasteiger partial charge in [0, 0.05) is 0 Å². The van der Waals surface area contributed by atoms with Gasteiger partial charge in [0.1, 0.15) is 6.04 Å². The van der Waals surface area contributed by atoms with Gasteiger partial charge in [0.25, 0.3) is 17.7 Å². The molecule has 0 saturated carbocycles. The molecule has 2 aliphatic rings. The van der Waals surface area contributed by atoms with Gasteiger partial charge in [-0.25, -0.2) is 13.2 Å². The van der Waals surface area contributed by atoms with E-state index in [2.05, 4.69) is 0 Å². The summed E-state index contributed by atoms with van der Waals surface area (Å²) < 4.78 is 24.4. The van der Waals surface area contributed by atoms with Crippen LogP contribution in [0.5, 0.6) is 0 Å². The van der Waals surface area contributed by atoms with Gasteiger partial charge in [-0.05, 0) is 24.6 Å². The number of fused-ring (bicyclic) bond motifs is 1. The van der Waals surface area contributed by atoms with E-state index in [4.69, 9.17) is 5.11 Å². The maximum absolute atomic E-state index is 12.4. The van der Waals surface area contributed by atoms with E-state index in [1.54, 1.807) is 4.72 Å². The number of amides is 3. The number of imide groups is 1. The van der Waals surface area contributed by atoms with E-state index in [1.807, 2.05) is 0 Å². The van der Waals surface area contributed by atoms with Crippen LogP contribution in [0.25, 0.3) is 0 Å². The highest BCUT2D eigenvalue weighted by Gasteiger charge is 2.45. The highest BCUT2D eigenvalue weighted by atomic mass is 32.2. The molecular weight excluding hydrogens is 328 g/mol. The third-order valence-corrected chi connectivity index (χ3v) is 4.98. The molecule has 9 nitrogen and oxygen atoms in total. The molecule has 0 spiro atoms. The Bertz CT molecular complexity index is 874. The van der Waals surface area contributed by atoms with E-state index in [1.165, 1.54) is 12.1 Å². The molecule has 1 unspecified atom stereocenters. The van der Waals surface area contributed by atoms with Crippen molar-refractivity contribution in [2.45, 2.75) is 12.5 Å². The van der Waals surface area contributed by atoms with Crippen molar-refractivity contribution in [3.63, 3.8) is 0 Å². The number of aromatic carboxylic acids is 1. The predicted octanol–water partition coefficient (Wildman–Crippen LogP) is -0.801. The van der Waals surface area contributed by atoms with Gasteiger partial charge >= 0.3 is 5.97 Å². The third-order valence-electron chi connectivity index (χ3n) is 3.70. The lowest BCUT2D eigenvalue weighted by molar-refractivity contribution is -0.123. The standard InChI is InChI=1S/C13H10N2O7S/c16-10-9(3-4-23(21,22)14-10)15-11(17)7-2-1-6(13(19)20)5-8(7)12(15)18/h1-2,5,9H,3-4H2,(H,14,16)(H,19,20). The number of sulfonamides is 1. The van der Waals surface area contributed by atoms with E-state index in [0.29, 0.717) is 4.90 Å². The van der Waals surface area contributed by atoms with Crippen molar-refractivity contribution in [1.82, 2.24) is 9.62 Å². The van der Waals surface area contributed by atoms with Gasteiger partial charge in [-0.3, -0.25) is 24.0 Å². The van der Waals surface area contributed by atoms with Gasteiger partial charge in [-0.1, -0.05) is 0 Å². The highest BCUT2D eigenvalue weighted by Crippen LogP contribution is 2.28. The largest absolute Gasteiger partial charge is 0.478 e. The summed E-state index contributed by atoms with van der Waals surface area (Å²) in [6.45, 7) is 0. The highest BCUT2D eigenvalue weighted by molar-refractivity contribution is 7.90. The summed E-state index contributed by atoms with van der Waals surface area (Å²) in [5.74, 6) is -4.16. The topological polar surface area (TPSA) is 138 Å². The summed E-state index contributed by atoms with van der Waals surface area (Å²) in [7, 11) is -3.74. The lowest BCUT2D eigenvalue weighted by atomic mass is 10.1. The quantitative estimate of drug-likeness (QED) is 0.673. The Kier molecular flexibility index (Phi) is 3.22. The van der Waals surface area contributed by atoms with Gasteiger partial charge in [-0.15, -0.1) is 0 Å². The molecule has 2 aliphatic heterocycles. The van der Waals surface area contributed by atoms with E-state index >= 15 is 0 Å². The Hall–Kier alpha value is -2.75. The first-order valence-corrected chi connectivity index (χ1v) is 8.16. The van der Waals surface area contributed by atoms with E-state index in [-0.39, 0.29) is 23.1 Å². The maximum atomic E-state index is 12.4. The zero-order valence-electron chi connectivity index (χ0n) is 11.5. The molecule has 0 bridgehead atoms. The van der Waals surface area contributed by atoms with Crippen LogP contribution in [0, 0.1) is 0 Å². The number of carbonyl (C=O) groups is 4. The van der Waals surface area contributed by atoms with Crippen LogP contribution >= 0.6 is 0 Å². The smallest absolute Gasteiger partial charge is 0.335 e. The second kappa shape index (κ2) is 4.88. The van der Waals surface area contributed by atoms with Crippen LogP contribution in [0.3, 0.4) is 0 Å². The third kappa shape index (κ3) is 2.36. The van der Waals surface area contributed by atoms with Crippen molar-refractivity contribution >= 4 is 33.7 Å². The molecule has 0 aromatic heterocycles. The Balaban J connectivity index is 1.98. The second-order valence-corrected chi connectivity index (χ2v) is 6.98. The number of hydrogen-bond acceptors (Lipinski definition) is 6. The van der Waals surface area contributed by atoms with Crippen molar-refractivity contribution < 1.29 is 32.7 Å². The summed E-state index contributed by atoms with van der Waals surface area (Å²) >= 11 is 0. The fourth-order valence-corrected chi connectivity index (χ4v) is 3.67. The van der Waals surface area contributed by atoms with Crippen LogP contribution in [-0.4, -0.2) is 53.9 Å². The van der Waals surface area contributed by atoms with Crippen LogP contribution < -0.4 is 4.72 Å². The van der Waals surface area contributed by atoms with Crippen LogP contribution in [0.15, 0.2) is 18.2 Å². The van der Waals surface area contributed by atoms with E-state index in [9.17, 15) is 27.6 Å². The lowest BCUT2D eigenvalue weighted by Gasteiger charge is -2.28. The van der Waals surface area contributed by atoms with Crippen LogP contribution in [0.2, 0.25) is 0 Å². The molecule has 0 radical (unpaired) electrons. The molecule has 1 atom stereocenters. The molecular formula is C13H10N2O7S. The molecule has 3 rings (SSSR count). The van der Waals surface area contributed by atoms with Crippen LogP contribution in [0.4, 0.5) is 0 Å². The van der Waals surface area contributed by atoms with Crippen molar-refractivity contribution in [3.8, 4) is 0 Å². The van der Waals surface area contributed by atoms with Gasteiger partial charge in [-0.2, -0.15) is 0 Å². The zero-order chi connectivity index (χ0) is 16.9. The SMILES string of the molecule is O=C(O)c1ccc2c(c1)C(=O)N(C1CCS(=O)(=O)NC1=O)C2=O. The lowest BCUT2D eigenvalue weighted by Crippen LogP contribution is -2.55. The molecule has 120 valence electrons. The Morgan fingerprint density at radius 1 is 1.17 bits per heavy atom. The molecule has 2 N–H and O–H groups in total. The normalized spacial score (nSPS) is 22.7. The number of nitrogens with zero attached hydrogens (tertiary/aromatic N) is 1. The van der Waals surface area contributed by atoms with Gasteiger partial charge in [0.2, 0.25) is 10.0 Å². The first-order valence-electron chi connectivity index (χ1n) is 6.51. The summed E-state index contributed by atoms with van der Waals surface area (Å²) in [6, 6.07) is 2.21. The molecule has 1 saturated heterocycles. The Labute approximate surface area is 129 Å². The first-order chi connectivity index (χ1) is 10.7. The monoisotopic (exact) mass is 338 g/mol. The summed E-state index contributed by atoms with van der Waals surface area (Å²) in [5, 5.41) is 8.94. The molecule has 1 fully saturated rings. The van der Waals surface area contributed by atoms with Crippen LogP contribution in [0.1, 0.15) is 37.5 Å². The van der Waals surface area contributed by atoms with Crippen molar-refractivity contribution in [2.24, 2.45) is 0 Å². The average molecular weight is 338 g/mol. The van der Waals surface area contributed by atoms with Crippen molar-refractivity contribution in [1.29, 1.82) is 0 Å². The summed E-state index contributed by atoms with van der Waals surface area (Å²) in [5.41, 5.74) is -0.292. The average Bonchev–Trinajstić information content (AvgIpc) is 2.70. The van der Waals surface area contributed by atoms with Gasteiger partial charge in [0.15, 0.2) is 0 Å². The minimum absolute atomic E-state index is 0.0127. The Morgan fingerprint density at radius 3 is 2.43 bits per heavy atom. The van der Waals surface area contributed by atoms with Crippen molar-refractivity contribution in [3.05, 3.63) is 34.9 Å². The zero-order valence-corrected chi connectivity index (χ0v) is 12.3. The van der Waals surface area contributed by atoms with Crippen molar-refractivity contribution in [2.75, 3.05) is 5.75 Å². The number of carboxylic acid groups (broad SMARTS) is 1.